The number of piperazine rings is 1. The first kappa shape index (κ1) is 20.3. The third-order valence-electron chi connectivity index (χ3n) is 5.16. The average molecular weight is 423 g/mol. The van der Waals surface area contributed by atoms with E-state index in [2.05, 4.69) is 59.4 Å². The molecule has 1 saturated heterocycles. The van der Waals surface area contributed by atoms with Gasteiger partial charge in [-0.05, 0) is 44.3 Å². The summed E-state index contributed by atoms with van der Waals surface area (Å²) in [6.07, 6.45) is 0. The summed E-state index contributed by atoms with van der Waals surface area (Å²) in [6, 6.07) is 16.7. The molecule has 0 radical (unpaired) electrons. The summed E-state index contributed by atoms with van der Waals surface area (Å²) in [6.45, 7) is 6.41. The van der Waals surface area contributed by atoms with Crippen molar-refractivity contribution in [3.8, 4) is 11.5 Å². The molecule has 156 valence electrons. The minimum absolute atomic E-state index is 0.0764. The molecule has 0 aliphatic carbocycles. The second-order valence-corrected chi connectivity index (χ2v) is 8.71. The third-order valence-corrected chi connectivity index (χ3v) is 6.13. The molecule has 0 bridgehead atoms. The van der Waals surface area contributed by atoms with Crippen LogP contribution in [0, 0.1) is 6.92 Å². The van der Waals surface area contributed by atoms with Crippen LogP contribution in [0.25, 0.3) is 0 Å². The van der Waals surface area contributed by atoms with Crippen molar-refractivity contribution < 1.29 is 10.2 Å². The summed E-state index contributed by atoms with van der Waals surface area (Å²) < 4.78 is 0. The maximum Gasteiger partial charge on any atom is 0.157 e. The number of hydrogen-bond acceptors (Lipinski definition) is 7. The zero-order valence-electron chi connectivity index (χ0n) is 17.2. The van der Waals surface area contributed by atoms with Crippen molar-refractivity contribution in [3.05, 3.63) is 65.0 Å². The minimum atomic E-state index is -0.0764. The zero-order valence-corrected chi connectivity index (χ0v) is 18.0. The zero-order chi connectivity index (χ0) is 21.1. The number of nitrogens with zero attached hydrogens (tertiary/aromatic N) is 3. The molecule has 3 N–H and O–H groups in total. The molecular weight excluding hydrogens is 396 g/mol. The molecule has 0 amide bonds. The van der Waals surface area contributed by atoms with Gasteiger partial charge in [0.25, 0.3) is 0 Å². The molecule has 3 heterocycles. The van der Waals surface area contributed by atoms with E-state index in [9.17, 15) is 0 Å². The Balaban J connectivity index is 0.000000230. The summed E-state index contributed by atoms with van der Waals surface area (Å²) in [4.78, 5) is 11.1. The van der Waals surface area contributed by atoms with E-state index >= 15 is 0 Å². The minimum Gasteiger partial charge on any atom is -0.504 e. The first-order valence-corrected chi connectivity index (χ1v) is 10.8. The van der Waals surface area contributed by atoms with Gasteiger partial charge in [0.2, 0.25) is 0 Å². The van der Waals surface area contributed by atoms with E-state index in [1.54, 1.807) is 23.5 Å². The highest BCUT2D eigenvalue weighted by Crippen LogP contribution is 2.39. The van der Waals surface area contributed by atoms with Crippen molar-refractivity contribution in [3.63, 3.8) is 0 Å². The molecule has 2 aliphatic rings. The molecule has 0 spiro atoms. The number of para-hydroxylation sites is 4. The fraction of sp³-hybridized carbons (Fsp3) is 0.261. The van der Waals surface area contributed by atoms with E-state index in [0.29, 0.717) is 0 Å². The Labute approximate surface area is 180 Å². The van der Waals surface area contributed by atoms with Crippen molar-refractivity contribution in [2.24, 2.45) is 4.99 Å². The van der Waals surface area contributed by atoms with Crippen LogP contribution in [-0.2, 0) is 0 Å². The molecule has 2 aliphatic heterocycles. The second-order valence-electron chi connectivity index (χ2n) is 7.46. The molecule has 1 fully saturated rings. The Hall–Kier alpha value is -3.03. The van der Waals surface area contributed by atoms with Crippen molar-refractivity contribution in [2.75, 3.05) is 38.5 Å². The van der Waals surface area contributed by atoms with E-state index in [0.717, 1.165) is 43.4 Å². The van der Waals surface area contributed by atoms with Gasteiger partial charge < -0.3 is 25.3 Å². The Morgan fingerprint density at radius 2 is 1.57 bits per heavy atom. The van der Waals surface area contributed by atoms with Gasteiger partial charge in [0.15, 0.2) is 11.5 Å². The number of amidine groups is 1. The van der Waals surface area contributed by atoms with Gasteiger partial charge in [-0.3, -0.25) is 0 Å². The largest absolute Gasteiger partial charge is 0.504 e. The van der Waals surface area contributed by atoms with Gasteiger partial charge in [-0.1, -0.05) is 24.3 Å². The number of fused-ring (bicyclic) bond motifs is 2. The molecule has 2 aromatic carbocycles. The molecule has 0 unspecified atom stereocenters. The lowest BCUT2D eigenvalue weighted by atomic mass is 10.2. The monoisotopic (exact) mass is 422 g/mol. The first-order valence-electron chi connectivity index (χ1n) is 9.97. The molecule has 6 nitrogen and oxygen atoms in total. The number of aromatic hydroxyl groups is 2. The number of likely N-dealkylation sites (N-methyl/N-ethyl adjacent to an activating group) is 1. The van der Waals surface area contributed by atoms with Gasteiger partial charge in [-0.2, -0.15) is 0 Å². The molecule has 1 aromatic heterocycles. The van der Waals surface area contributed by atoms with Gasteiger partial charge in [0, 0.05) is 31.1 Å². The quantitative estimate of drug-likeness (QED) is 0.464. The Morgan fingerprint density at radius 3 is 2.23 bits per heavy atom. The number of phenols is 2. The van der Waals surface area contributed by atoms with Crippen LogP contribution < -0.4 is 5.32 Å². The fourth-order valence-electron chi connectivity index (χ4n) is 3.47. The summed E-state index contributed by atoms with van der Waals surface area (Å²) in [7, 11) is 2.18. The van der Waals surface area contributed by atoms with Gasteiger partial charge in [0.05, 0.1) is 16.9 Å². The standard InChI is InChI=1S/C17H20N4S.C6H6O2/c1-12-11-13-16(21-9-7-20(2)8-10-21)18-14-5-3-4-6-15(14)19-17(13)22-12;7-5-3-1-2-4-6(5)8/h3-6,11,19H,7-10H2,1-2H3;1-4,7-8H. The highest BCUT2D eigenvalue weighted by atomic mass is 32.1. The number of thiophene rings is 1. The second kappa shape index (κ2) is 8.77. The lowest BCUT2D eigenvalue weighted by Gasteiger charge is -2.34. The Bertz CT molecular complexity index is 1030. The van der Waals surface area contributed by atoms with Crippen molar-refractivity contribution in [1.82, 2.24) is 9.80 Å². The maximum atomic E-state index is 8.67. The van der Waals surface area contributed by atoms with Crippen LogP contribution in [0.1, 0.15) is 10.4 Å². The number of rotatable bonds is 0. The maximum absolute atomic E-state index is 8.67. The molecule has 5 rings (SSSR count). The summed E-state index contributed by atoms with van der Waals surface area (Å²) in [5, 5.41) is 22.1. The molecular formula is C23H26N4O2S. The van der Waals surface area contributed by atoms with Crippen LogP contribution in [0.4, 0.5) is 16.4 Å². The highest BCUT2D eigenvalue weighted by Gasteiger charge is 2.25. The summed E-state index contributed by atoms with van der Waals surface area (Å²) in [5.74, 6) is 0.963. The van der Waals surface area contributed by atoms with Gasteiger partial charge in [0.1, 0.15) is 10.8 Å². The number of benzene rings is 2. The van der Waals surface area contributed by atoms with Gasteiger partial charge in [-0.15, -0.1) is 11.3 Å². The number of aryl methyl sites for hydroxylation is 1. The third kappa shape index (κ3) is 4.42. The lowest BCUT2D eigenvalue weighted by molar-refractivity contribution is 0.216. The van der Waals surface area contributed by atoms with Crippen molar-refractivity contribution in [2.45, 2.75) is 6.92 Å². The molecule has 30 heavy (non-hydrogen) atoms. The van der Waals surface area contributed by atoms with Gasteiger partial charge >= 0.3 is 0 Å². The topological polar surface area (TPSA) is 71.3 Å². The van der Waals surface area contributed by atoms with E-state index in [-0.39, 0.29) is 11.5 Å². The highest BCUT2D eigenvalue weighted by molar-refractivity contribution is 7.16. The fourth-order valence-corrected chi connectivity index (χ4v) is 4.39. The van der Waals surface area contributed by atoms with Crippen molar-refractivity contribution in [1.29, 1.82) is 0 Å². The van der Waals surface area contributed by atoms with E-state index in [1.807, 2.05) is 0 Å². The number of anilines is 2. The SMILES string of the molecule is Cc1cc2c(s1)Nc1ccccc1N=C2N1CCN(C)CC1.Oc1ccccc1O. The predicted octanol–water partition coefficient (Wildman–Crippen LogP) is 4.54. The molecule has 7 heteroatoms. The number of nitrogens with one attached hydrogen (secondary N) is 1. The number of phenolic OH excluding ortho intramolecular Hbond substituents is 2. The Morgan fingerprint density at radius 1 is 0.933 bits per heavy atom. The van der Waals surface area contributed by atoms with Crippen LogP contribution in [0.2, 0.25) is 0 Å². The van der Waals surface area contributed by atoms with E-state index in [1.165, 1.54) is 27.6 Å². The van der Waals surface area contributed by atoms with Gasteiger partial charge in [-0.25, -0.2) is 4.99 Å². The lowest BCUT2D eigenvalue weighted by Crippen LogP contribution is -2.47. The molecule has 0 atom stereocenters. The van der Waals surface area contributed by atoms with Crippen LogP contribution in [0.15, 0.2) is 59.6 Å². The van der Waals surface area contributed by atoms with Crippen LogP contribution >= 0.6 is 11.3 Å². The van der Waals surface area contributed by atoms with E-state index in [4.69, 9.17) is 15.2 Å². The normalized spacial score (nSPS) is 15.7. The summed E-state index contributed by atoms with van der Waals surface area (Å²) >= 11 is 1.81. The van der Waals surface area contributed by atoms with Crippen LogP contribution in [-0.4, -0.2) is 59.1 Å². The predicted molar refractivity (Wildman–Crippen MR) is 124 cm³/mol. The molecule has 3 aromatic rings. The smallest absolute Gasteiger partial charge is 0.157 e. The summed E-state index contributed by atoms with van der Waals surface area (Å²) in [5.41, 5.74) is 3.36. The number of aliphatic imine (C=N–C) groups is 1. The van der Waals surface area contributed by atoms with Crippen LogP contribution in [0.5, 0.6) is 11.5 Å². The van der Waals surface area contributed by atoms with Crippen LogP contribution in [0.3, 0.4) is 0 Å². The van der Waals surface area contributed by atoms with E-state index < -0.39 is 0 Å². The molecule has 0 saturated carbocycles. The number of hydrogen-bond donors (Lipinski definition) is 3. The van der Waals surface area contributed by atoms with Crippen molar-refractivity contribution >= 4 is 33.5 Å². The Kier molecular flexibility index (Phi) is 5.92. The average Bonchev–Trinajstić information content (AvgIpc) is 3.03. The first-order chi connectivity index (χ1) is 14.5.